The summed E-state index contributed by atoms with van der Waals surface area (Å²) in [5.74, 6) is 0.321. The molecule has 4 rings (SSSR count). The minimum Gasteiger partial charge on any atom is -0.353 e. The molecule has 2 N–H and O–H groups in total. The number of fused-ring (bicyclic) bond motifs is 1. The van der Waals surface area contributed by atoms with E-state index >= 15 is 0 Å². The molecule has 1 aromatic carbocycles. The Balaban J connectivity index is 1.46. The molecule has 0 unspecified atom stereocenters. The second-order valence-electron chi connectivity index (χ2n) is 7.46. The van der Waals surface area contributed by atoms with Gasteiger partial charge in [0.05, 0.1) is 21.9 Å². The maximum absolute atomic E-state index is 12.6. The first kappa shape index (κ1) is 18.3. The number of thioether (sulfide) groups is 1. The quantitative estimate of drug-likeness (QED) is 0.747. The summed E-state index contributed by atoms with van der Waals surface area (Å²) in [6.45, 7) is 0. The van der Waals surface area contributed by atoms with E-state index in [0.29, 0.717) is 28.4 Å². The molecule has 0 saturated heterocycles. The van der Waals surface area contributed by atoms with Gasteiger partial charge in [0.2, 0.25) is 5.91 Å². The summed E-state index contributed by atoms with van der Waals surface area (Å²) in [4.78, 5) is 29.6. The van der Waals surface area contributed by atoms with Gasteiger partial charge in [-0.05, 0) is 37.8 Å². The van der Waals surface area contributed by atoms with Crippen LogP contribution in [0.15, 0.2) is 35.4 Å². The predicted molar refractivity (Wildman–Crippen MR) is 108 cm³/mol. The van der Waals surface area contributed by atoms with Crippen molar-refractivity contribution in [2.75, 3.05) is 5.75 Å². The zero-order valence-electron chi connectivity index (χ0n) is 15.4. The number of rotatable bonds is 6. The van der Waals surface area contributed by atoms with Crippen molar-refractivity contribution in [3.05, 3.63) is 35.9 Å². The van der Waals surface area contributed by atoms with Crippen LogP contribution in [0.2, 0.25) is 0 Å². The third kappa shape index (κ3) is 4.80. The van der Waals surface area contributed by atoms with Gasteiger partial charge in [-0.1, -0.05) is 49.2 Å². The third-order valence-electron chi connectivity index (χ3n) is 5.17. The first-order chi connectivity index (χ1) is 13.2. The zero-order valence-corrected chi connectivity index (χ0v) is 16.2. The smallest absolute Gasteiger partial charge is 0.252 e. The zero-order chi connectivity index (χ0) is 18.6. The highest BCUT2D eigenvalue weighted by molar-refractivity contribution is 7.99. The van der Waals surface area contributed by atoms with Gasteiger partial charge in [0, 0.05) is 17.5 Å². The normalized spacial score (nSPS) is 17.6. The summed E-state index contributed by atoms with van der Waals surface area (Å²) in [6, 6.07) is 10.1. The molecule has 142 valence electrons. The van der Waals surface area contributed by atoms with Crippen molar-refractivity contribution in [1.29, 1.82) is 0 Å². The number of nitrogens with one attached hydrogen (secondary N) is 2. The fourth-order valence-electron chi connectivity index (χ4n) is 3.56. The number of carbonyl (C=O) groups is 2. The van der Waals surface area contributed by atoms with Crippen LogP contribution in [0.1, 0.15) is 55.3 Å². The molecule has 5 nitrogen and oxygen atoms in total. The van der Waals surface area contributed by atoms with Gasteiger partial charge >= 0.3 is 0 Å². The molecule has 2 amide bonds. The number of pyridine rings is 1. The van der Waals surface area contributed by atoms with Crippen LogP contribution in [0.4, 0.5) is 0 Å². The van der Waals surface area contributed by atoms with E-state index in [9.17, 15) is 9.59 Å². The number of hydrogen-bond acceptors (Lipinski definition) is 4. The van der Waals surface area contributed by atoms with E-state index in [2.05, 4.69) is 15.6 Å². The molecule has 0 bridgehead atoms. The Kier molecular flexibility index (Phi) is 5.62. The minimum atomic E-state index is -0.0513. The Morgan fingerprint density at radius 2 is 1.74 bits per heavy atom. The van der Waals surface area contributed by atoms with E-state index in [1.807, 2.05) is 30.3 Å². The van der Waals surface area contributed by atoms with Gasteiger partial charge < -0.3 is 10.6 Å². The minimum absolute atomic E-state index is 0.0471. The van der Waals surface area contributed by atoms with Gasteiger partial charge in [0.1, 0.15) is 0 Å². The molecule has 6 heteroatoms. The lowest BCUT2D eigenvalue weighted by Gasteiger charge is -2.22. The van der Waals surface area contributed by atoms with Gasteiger partial charge in [0.15, 0.2) is 0 Å². The van der Waals surface area contributed by atoms with E-state index < -0.39 is 0 Å². The average Bonchev–Trinajstić information content (AvgIpc) is 3.50. The number of hydrogen-bond donors (Lipinski definition) is 2. The lowest BCUT2D eigenvalue weighted by Crippen LogP contribution is -2.37. The molecule has 2 fully saturated rings. The molecular formula is C21H25N3O2S. The van der Waals surface area contributed by atoms with E-state index in [-0.39, 0.29) is 11.8 Å². The summed E-state index contributed by atoms with van der Waals surface area (Å²) in [6.07, 6.45) is 7.93. The Labute approximate surface area is 163 Å². The molecule has 27 heavy (non-hydrogen) atoms. The summed E-state index contributed by atoms with van der Waals surface area (Å²) in [5, 5.41) is 7.75. The second kappa shape index (κ2) is 8.30. The van der Waals surface area contributed by atoms with Crippen LogP contribution >= 0.6 is 11.8 Å². The Bertz CT molecular complexity index is 844. The standard InChI is InChI=1S/C21H25N3O2S/c25-19(22-14-6-2-1-3-7-14)13-27-20-12-17(21(26)23-15-10-11-15)16-8-4-5-9-18(16)24-20/h4-5,8-9,12,14-15H,1-3,6-7,10-11,13H2,(H,22,25)(H,23,26). The predicted octanol–water partition coefficient (Wildman–Crippen LogP) is 3.67. The highest BCUT2D eigenvalue weighted by atomic mass is 32.2. The van der Waals surface area contributed by atoms with E-state index in [1.165, 1.54) is 31.0 Å². The van der Waals surface area contributed by atoms with E-state index in [1.54, 1.807) is 0 Å². The van der Waals surface area contributed by atoms with Crippen LogP contribution < -0.4 is 10.6 Å². The molecule has 2 aliphatic carbocycles. The van der Waals surface area contributed by atoms with Crippen LogP contribution in [-0.4, -0.2) is 34.6 Å². The van der Waals surface area contributed by atoms with E-state index in [0.717, 1.165) is 36.6 Å². The van der Waals surface area contributed by atoms with Crippen LogP contribution in [0, 0.1) is 0 Å². The molecule has 2 aromatic rings. The summed E-state index contributed by atoms with van der Waals surface area (Å²) in [7, 11) is 0. The fraction of sp³-hybridized carbons (Fsp3) is 0.476. The van der Waals surface area contributed by atoms with Gasteiger partial charge in [-0.3, -0.25) is 9.59 Å². The molecule has 0 radical (unpaired) electrons. The highest BCUT2D eigenvalue weighted by Gasteiger charge is 2.25. The summed E-state index contributed by atoms with van der Waals surface area (Å²) >= 11 is 1.39. The number of para-hydroxylation sites is 1. The highest BCUT2D eigenvalue weighted by Crippen LogP contribution is 2.26. The van der Waals surface area contributed by atoms with Crippen molar-refractivity contribution in [3.63, 3.8) is 0 Å². The van der Waals surface area contributed by atoms with Crippen molar-refractivity contribution in [2.45, 2.75) is 62.1 Å². The third-order valence-corrected chi connectivity index (χ3v) is 6.08. The van der Waals surface area contributed by atoms with Gasteiger partial charge in [-0.15, -0.1) is 0 Å². The lowest BCUT2D eigenvalue weighted by molar-refractivity contribution is -0.119. The van der Waals surface area contributed by atoms with Gasteiger partial charge in [0.25, 0.3) is 5.91 Å². The van der Waals surface area contributed by atoms with Crippen LogP contribution in [0.25, 0.3) is 10.9 Å². The average molecular weight is 384 g/mol. The Morgan fingerprint density at radius 3 is 2.52 bits per heavy atom. The van der Waals surface area contributed by atoms with Crippen molar-refractivity contribution in [2.24, 2.45) is 0 Å². The molecule has 2 aliphatic rings. The van der Waals surface area contributed by atoms with Crippen LogP contribution in [-0.2, 0) is 4.79 Å². The summed E-state index contributed by atoms with van der Waals surface area (Å²) in [5.41, 5.74) is 1.43. The van der Waals surface area contributed by atoms with Crippen molar-refractivity contribution in [1.82, 2.24) is 15.6 Å². The van der Waals surface area contributed by atoms with Crippen LogP contribution in [0.5, 0.6) is 0 Å². The van der Waals surface area contributed by atoms with Crippen LogP contribution in [0.3, 0.4) is 0 Å². The lowest BCUT2D eigenvalue weighted by atomic mass is 9.95. The van der Waals surface area contributed by atoms with Gasteiger partial charge in [-0.2, -0.15) is 0 Å². The Hall–Kier alpha value is -2.08. The molecular weight excluding hydrogens is 358 g/mol. The maximum atomic E-state index is 12.6. The van der Waals surface area contributed by atoms with E-state index in [4.69, 9.17) is 0 Å². The first-order valence-corrected chi connectivity index (χ1v) is 10.8. The molecule has 1 aromatic heterocycles. The Morgan fingerprint density at radius 1 is 1.00 bits per heavy atom. The first-order valence-electron chi connectivity index (χ1n) is 9.82. The maximum Gasteiger partial charge on any atom is 0.252 e. The second-order valence-corrected chi connectivity index (χ2v) is 8.46. The SMILES string of the molecule is O=C(CSc1cc(C(=O)NC2CC2)c2ccccc2n1)NC1CCCCC1. The summed E-state index contributed by atoms with van der Waals surface area (Å²) < 4.78 is 0. The fourth-order valence-corrected chi connectivity index (χ4v) is 4.29. The van der Waals surface area contributed by atoms with Crippen molar-refractivity contribution in [3.8, 4) is 0 Å². The molecule has 2 saturated carbocycles. The molecule has 0 aliphatic heterocycles. The molecule has 0 spiro atoms. The largest absolute Gasteiger partial charge is 0.353 e. The number of benzene rings is 1. The number of carbonyl (C=O) groups excluding carboxylic acids is 2. The van der Waals surface area contributed by atoms with Crippen molar-refractivity contribution >= 4 is 34.5 Å². The number of amides is 2. The number of nitrogens with zero attached hydrogens (tertiary/aromatic N) is 1. The van der Waals surface area contributed by atoms with Crippen molar-refractivity contribution < 1.29 is 9.59 Å². The monoisotopic (exact) mass is 383 g/mol. The van der Waals surface area contributed by atoms with Gasteiger partial charge in [-0.25, -0.2) is 4.98 Å². The molecule has 1 heterocycles. The molecule has 0 atom stereocenters. The topological polar surface area (TPSA) is 71.1 Å². The number of aromatic nitrogens is 1.